The van der Waals surface area contributed by atoms with Crippen LogP contribution in [0.25, 0.3) is 0 Å². The minimum absolute atomic E-state index is 0.0161. The second-order valence-electron chi connectivity index (χ2n) is 29.9. The van der Waals surface area contributed by atoms with Crippen LogP contribution in [-0.2, 0) is 14.3 Å². The summed E-state index contributed by atoms with van der Waals surface area (Å²) in [5, 5.41) is 23.5. The summed E-state index contributed by atoms with van der Waals surface area (Å²) in [5.41, 5.74) is 0. The van der Waals surface area contributed by atoms with Gasteiger partial charge in [0.15, 0.2) is 0 Å². The van der Waals surface area contributed by atoms with E-state index in [0.29, 0.717) is 25.9 Å². The fraction of sp³-hybridized carbons (Fsp3) is 0.953. The highest BCUT2D eigenvalue weighted by atomic mass is 16.5. The van der Waals surface area contributed by atoms with E-state index < -0.39 is 12.1 Å². The van der Waals surface area contributed by atoms with Crippen molar-refractivity contribution in [1.29, 1.82) is 0 Å². The Morgan fingerprint density at radius 3 is 0.772 bits per heavy atom. The standard InChI is InChI=1S/C86H169NO5/c1-3-5-7-9-11-13-15-17-19-20-21-22-23-39-42-45-48-51-54-58-62-66-70-74-78-84(89)83(82-88)87-85(90)79-75-71-67-63-59-55-52-49-46-43-40-37-35-33-31-29-27-25-24-26-28-30-32-34-36-38-41-44-47-50-53-57-61-65-69-73-77-81-92-86(91)80-76-72-68-64-60-56-18-16-14-12-10-8-6-4-2/h16,18,83-84,88-89H,3-15,17,19-82H2,1-2H3,(H,87,90)/b18-16-. The number of rotatable bonds is 82. The molecule has 0 aromatic carbocycles. The quantitative estimate of drug-likeness (QED) is 0.0320. The zero-order valence-electron chi connectivity index (χ0n) is 63.1. The predicted octanol–water partition coefficient (Wildman–Crippen LogP) is 28.6. The summed E-state index contributed by atoms with van der Waals surface area (Å²) < 4.78 is 5.50. The smallest absolute Gasteiger partial charge is 0.305 e. The number of aliphatic hydroxyl groups excluding tert-OH is 2. The van der Waals surface area contributed by atoms with Crippen molar-refractivity contribution < 1.29 is 24.5 Å². The predicted molar refractivity (Wildman–Crippen MR) is 407 cm³/mol. The van der Waals surface area contributed by atoms with E-state index >= 15 is 0 Å². The third-order valence-corrected chi connectivity index (χ3v) is 20.6. The van der Waals surface area contributed by atoms with E-state index in [9.17, 15) is 19.8 Å². The maximum absolute atomic E-state index is 12.6. The number of amides is 1. The van der Waals surface area contributed by atoms with Gasteiger partial charge in [0.05, 0.1) is 25.4 Å². The van der Waals surface area contributed by atoms with E-state index in [1.165, 1.54) is 424 Å². The lowest BCUT2D eigenvalue weighted by Gasteiger charge is -2.22. The first-order chi connectivity index (χ1) is 45.5. The first-order valence-corrected chi connectivity index (χ1v) is 42.9. The molecule has 6 nitrogen and oxygen atoms in total. The van der Waals surface area contributed by atoms with Gasteiger partial charge in [-0.05, 0) is 51.4 Å². The molecule has 0 fully saturated rings. The summed E-state index contributed by atoms with van der Waals surface area (Å²) in [5.74, 6) is -0.00649. The van der Waals surface area contributed by atoms with Gasteiger partial charge in [-0.25, -0.2) is 0 Å². The zero-order valence-corrected chi connectivity index (χ0v) is 63.1. The molecule has 0 aliphatic rings. The SMILES string of the molecule is CCCCCCC/C=C\CCCCCCCC(=O)OCCCCCCCCCCCCCCCCCCCCCCCCCCCCCCCCCCCCCCCC(=O)NC(CO)C(O)CCCCCCCCCCCCCCCCCCCCCCCCCC. The summed E-state index contributed by atoms with van der Waals surface area (Å²) in [7, 11) is 0. The van der Waals surface area contributed by atoms with Gasteiger partial charge in [-0.3, -0.25) is 9.59 Å². The van der Waals surface area contributed by atoms with E-state index in [1.54, 1.807) is 0 Å². The number of ether oxygens (including phenoxy) is 1. The number of unbranched alkanes of at least 4 members (excludes halogenated alkanes) is 69. The molecule has 0 aromatic rings. The van der Waals surface area contributed by atoms with Gasteiger partial charge in [0.2, 0.25) is 5.91 Å². The lowest BCUT2D eigenvalue weighted by Crippen LogP contribution is -2.45. The van der Waals surface area contributed by atoms with Crippen LogP contribution in [0.15, 0.2) is 12.2 Å². The number of hydrogen-bond donors (Lipinski definition) is 3. The van der Waals surface area contributed by atoms with Crippen LogP contribution in [0.4, 0.5) is 0 Å². The number of carbonyl (C=O) groups excluding carboxylic acids is 2. The third kappa shape index (κ3) is 77.6. The van der Waals surface area contributed by atoms with Crippen molar-refractivity contribution in [2.45, 2.75) is 514 Å². The van der Waals surface area contributed by atoms with Crippen molar-refractivity contribution in [3.8, 4) is 0 Å². The topological polar surface area (TPSA) is 95.9 Å². The largest absolute Gasteiger partial charge is 0.466 e. The van der Waals surface area contributed by atoms with Gasteiger partial charge in [-0.2, -0.15) is 0 Å². The maximum atomic E-state index is 12.6. The Morgan fingerprint density at radius 2 is 0.511 bits per heavy atom. The van der Waals surface area contributed by atoms with E-state index in [0.717, 1.165) is 44.9 Å². The van der Waals surface area contributed by atoms with Gasteiger partial charge in [-0.15, -0.1) is 0 Å². The Labute approximate surface area is 578 Å². The number of esters is 1. The van der Waals surface area contributed by atoms with Crippen molar-refractivity contribution in [3.05, 3.63) is 12.2 Å². The van der Waals surface area contributed by atoms with Crippen LogP contribution >= 0.6 is 0 Å². The molecule has 2 atom stereocenters. The molecule has 0 aliphatic carbocycles. The normalized spacial score (nSPS) is 12.4. The molecule has 0 saturated carbocycles. The average Bonchev–Trinajstić information content (AvgIpc) is 3.66. The molecule has 2 unspecified atom stereocenters. The van der Waals surface area contributed by atoms with Crippen molar-refractivity contribution in [1.82, 2.24) is 5.32 Å². The minimum atomic E-state index is -0.661. The molecular weight excluding hydrogens is 1130 g/mol. The van der Waals surface area contributed by atoms with Gasteiger partial charge in [-0.1, -0.05) is 450 Å². The molecule has 0 bridgehead atoms. The zero-order chi connectivity index (χ0) is 66.3. The molecular formula is C86H169NO5. The van der Waals surface area contributed by atoms with Crippen LogP contribution in [0.1, 0.15) is 502 Å². The van der Waals surface area contributed by atoms with Gasteiger partial charge in [0.1, 0.15) is 0 Å². The van der Waals surface area contributed by atoms with Crippen LogP contribution in [0, 0.1) is 0 Å². The molecule has 1 amide bonds. The summed E-state index contributed by atoms with van der Waals surface area (Å²) in [6.45, 7) is 5.00. The Hall–Kier alpha value is -1.40. The third-order valence-electron chi connectivity index (χ3n) is 20.6. The van der Waals surface area contributed by atoms with Crippen LogP contribution in [-0.4, -0.2) is 47.4 Å². The van der Waals surface area contributed by atoms with Crippen molar-refractivity contribution in [2.24, 2.45) is 0 Å². The first kappa shape index (κ1) is 90.6. The number of carbonyl (C=O) groups is 2. The molecule has 0 saturated heterocycles. The highest BCUT2D eigenvalue weighted by molar-refractivity contribution is 5.76. The molecule has 0 aliphatic heterocycles. The fourth-order valence-corrected chi connectivity index (χ4v) is 14.1. The second kappa shape index (κ2) is 82.0. The number of nitrogens with one attached hydrogen (secondary N) is 1. The van der Waals surface area contributed by atoms with Crippen LogP contribution < -0.4 is 5.32 Å². The van der Waals surface area contributed by atoms with E-state index in [4.69, 9.17) is 4.74 Å². The average molecular weight is 1300 g/mol. The van der Waals surface area contributed by atoms with E-state index in [2.05, 4.69) is 31.3 Å². The molecule has 6 heteroatoms. The summed E-state index contributed by atoms with van der Waals surface area (Å²) >= 11 is 0. The van der Waals surface area contributed by atoms with E-state index in [1.807, 2.05) is 0 Å². The highest BCUT2D eigenvalue weighted by Gasteiger charge is 2.20. The van der Waals surface area contributed by atoms with Gasteiger partial charge < -0.3 is 20.3 Å². The molecule has 0 rings (SSSR count). The molecule has 0 radical (unpaired) electrons. The molecule has 3 N–H and O–H groups in total. The van der Waals surface area contributed by atoms with Crippen molar-refractivity contribution in [2.75, 3.05) is 13.2 Å². The molecule has 0 heterocycles. The Balaban J connectivity index is 3.31. The second-order valence-corrected chi connectivity index (χ2v) is 29.9. The molecule has 548 valence electrons. The number of hydrogen-bond acceptors (Lipinski definition) is 5. The van der Waals surface area contributed by atoms with Gasteiger partial charge in [0, 0.05) is 12.8 Å². The summed E-state index contributed by atoms with van der Waals surface area (Å²) in [6, 6.07) is -0.538. The van der Waals surface area contributed by atoms with E-state index in [-0.39, 0.29) is 18.5 Å². The Morgan fingerprint density at radius 1 is 0.293 bits per heavy atom. The van der Waals surface area contributed by atoms with Crippen LogP contribution in [0.3, 0.4) is 0 Å². The number of aliphatic hydroxyl groups is 2. The summed E-state index contributed by atoms with van der Waals surface area (Å²) in [4.78, 5) is 24.7. The summed E-state index contributed by atoms with van der Waals surface area (Å²) in [6.07, 6.45) is 105. The lowest BCUT2D eigenvalue weighted by molar-refractivity contribution is -0.143. The Kier molecular flexibility index (Phi) is 80.8. The molecule has 0 spiro atoms. The molecule has 92 heavy (non-hydrogen) atoms. The Bertz CT molecular complexity index is 1400. The van der Waals surface area contributed by atoms with Crippen molar-refractivity contribution >= 4 is 11.9 Å². The number of allylic oxidation sites excluding steroid dienone is 2. The highest BCUT2D eigenvalue weighted by Crippen LogP contribution is 2.21. The van der Waals surface area contributed by atoms with Crippen molar-refractivity contribution in [3.63, 3.8) is 0 Å². The monoisotopic (exact) mass is 1300 g/mol. The van der Waals surface area contributed by atoms with Gasteiger partial charge >= 0.3 is 5.97 Å². The fourth-order valence-electron chi connectivity index (χ4n) is 14.1. The minimum Gasteiger partial charge on any atom is -0.466 e. The van der Waals surface area contributed by atoms with Crippen LogP contribution in [0.2, 0.25) is 0 Å². The lowest BCUT2D eigenvalue weighted by atomic mass is 10.0. The first-order valence-electron chi connectivity index (χ1n) is 42.9. The van der Waals surface area contributed by atoms with Crippen LogP contribution in [0.5, 0.6) is 0 Å². The van der Waals surface area contributed by atoms with Gasteiger partial charge in [0.25, 0.3) is 0 Å². The molecule has 0 aromatic heterocycles. The maximum Gasteiger partial charge on any atom is 0.305 e.